The summed E-state index contributed by atoms with van der Waals surface area (Å²) in [6, 6.07) is 10.1. The minimum absolute atomic E-state index is 0.142. The highest BCUT2D eigenvalue weighted by molar-refractivity contribution is 6.10. The van der Waals surface area contributed by atoms with E-state index in [1.807, 2.05) is 0 Å². The molecule has 23 heavy (non-hydrogen) atoms. The number of anilines is 1. The second-order valence-corrected chi connectivity index (χ2v) is 5.59. The van der Waals surface area contributed by atoms with E-state index in [0.717, 1.165) is 0 Å². The van der Waals surface area contributed by atoms with Gasteiger partial charge >= 0.3 is 0 Å². The lowest BCUT2D eigenvalue weighted by atomic mass is 9.89. The van der Waals surface area contributed by atoms with Gasteiger partial charge in [-0.1, -0.05) is 24.3 Å². The molecule has 1 N–H and O–H groups in total. The lowest BCUT2D eigenvalue weighted by molar-refractivity contribution is -0.135. The lowest BCUT2D eigenvalue weighted by Gasteiger charge is -2.21. The zero-order valence-electron chi connectivity index (χ0n) is 12.8. The van der Waals surface area contributed by atoms with Crippen molar-refractivity contribution in [1.29, 1.82) is 0 Å². The van der Waals surface area contributed by atoms with Crippen LogP contribution in [0.2, 0.25) is 0 Å². The summed E-state index contributed by atoms with van der Waals surface area (Å²) in [5, 5.41) is 11.0. The van der Waals surface area contributed by atoms with Gasteiger partial charge in [0.05, 0.1) is 12.1 Å². The molecule has 1 atom stereocenters. The number of aryl methyl sites for hydroxylation is 1. The van der Waals surface area contributed by atoms with E-state index in [1.54, 1.807) is 49.4 Å². The molecule has 1 aliphatic rings. The summed E-state index contributed by atoms with van der Waals surface area (Å²) in [6.07, 6.45) is 1.22. The van der Waals surface area contributed by atoms with Crippen molar-refractivity contribution in [2.75, 3.05) is 11.4 Å². The number of carbonyl (C=O) groups excluding carboxylic acids is 2. The molecule has 5 nitrogen and oxygen atoms in total. The summed E-state index contributed by atoms with van der Waals surface area (Å²) in [5.41, 5.74) is -0.844. The van der Waals surface area contributed by atoms with Crippen molar-refractivity contribution >= 4 is 17.4 Å². The molecule has 0 saturated carbocycles. The van der Waals surface area contributed by atoms with Gasteiger partial charge in [0.15, 0.2) is 11.4 Å². The highest BCUT2D eigenvalue weighted by Crippen LogP contribution is 2.42. The van der Waals surface area contributed by atoms with E-state index in [2.05, 4.69) is 6.58 Å². The number of amides is 1. The van der Waals surface area contributed by atoms with Gasteiger partial charge < -0.3 is 14.4 Å². The van der Waals surface area contributed by atoms with Crippen molar-refractivity contribution in [3.05, 3.63) is 66.1 Å². The van der Waals surface area contributed by atoms with Crippen LogP contribution >= 0.6 is 0 Å². The van der Waals surface area contributed by atoms with E-state index in [9.17, 15) is 14.7 Å². The van der Waals surface area contributed by atoms with Crippen LogP contribution < -0.4 is 4.90 Å². The quantitative estimate of drug-likeness (QED) is 0.680. The van der Waals surface area contributed by atoms with Gasteiger partial charge in [-0.25, -0.2) is 0 Å². The van der Waals surface area contributed by atoms with Crippen molar-refractivity contribution in [2.24, 2.45) is 0 Å². The molecule has 2 aromatic rings. The van der Waals surface area contributed by atoms with Crippen LogP contribution in [0.25, 0.3) is 0 Å². The number of ketones is 1. The van der Waals surface area contributed by atoms with E-state index in [1.165, 1.54) is 4.90 Å². The number of furan rings is 1. The average molecular weight is 311 g/mol. The summed E-state index contributed by atoms with van der Waals surface area (Å²) in [4.78, 5) is 26.5. The summed E-state index contributed by atoms with van der Waals surface area (Å²) >= 11 is 0. The summed E-state index contributed by atoms with van der Waals surface area (Å²) < 4.78 is 5.30. The Morgan fingerprint density at radius 1 is 1.35 bits per heavy atom. The predicted octanol–water partition coefficient (Wildman–Crippen LogP) is 2.58. The molecule has 0 fully saturated rings. The molecule has 0 bridgehead atoms. The number of nitrogens with zero attached hydrogens (tertiary/aromatic N) is 1. The third kappa shape index (κ3) is 2.39. The van der Waals surface area contributed by atoms with Gasteiger partial charge in [0.2, 0.25) is 5.78 Å². The standard InChI is InChI=1S/C18H17NO4/c1-3-10-19-14-7-5-4-6-13(14)18(22,17(19)21)11-15(20)16-9-8-12(2)23-16/h3-9,22H,1,10-11H2,2H3/t18-/m1/s1. The number of Topliss-reactive ketones (excluding diaryl/α,β-unsaturated/α-hetero) is 1. The molecular weight excluding hydrogens is 294 g/mol. The van der Waals surface area contributed by atoms with E-state index in [-0.39, 0.29) is 18.7 Å². The van der Waals surface area contributed by atoms with E-state index < -0.39 is 17.3 Å². The molecule has 1 aliphatic heterocycles. The summed E-state index contributed by atoms with van der Waals surface area (Å²) in [7, 11) is 0. The van der Waals surface area contributed by atoms with E-state index in [4.69, 9.17) is 4.42 Å². The van der Waals surface area contributed by atoms with Gasteiger partial charge in [-0.15, -0.1) is 6.58 Å². The molecule has 0 unspecified atom stereocenters. The van der Waals surface area contributed by atoms with Crippen LogP contribution in [-0.4, -0.2) is 23.3 Å². The molecule has 1 aromatic carbocycles. The topological polar surface area (TPSA) is 70.8 Å². The average Bonchev–Trinajstić information content (AvgIpc) is 3.05. The highest BCUT2D eigenvalue weighted by Gasteiger charge is 2.50. The first-order valence-corrected chi connectivity index (χ1v) is 7.32. The number of benzene rings is 1. The molecule has 3 rings (SSSR count). The molecule has 1 aromatic heterocycles. The fraction of sp³-hybridized carbons (Fsp3) is 0.222. The van der Waals surface area contributed by atoms with Gasteiger partial charge in [-0.2, -0.15) is 0 Å². The Morgan fingerprint density at radius 3 is 2.74 bits per heavy atom. The van der Waals surface area contributed by atoms with Gasteiger partial charge in [0.25, 0.3) is 5.91 Å². The van der Waals surface area contributed by atoms with Crippen LogP contribution in [0, 0.1) is 6.92 Å². The number of hydrogen-bond acceptors (Lipinski definition) is 4. The zero-order valence-corrected chi connectivity index (χ0v) is 12.8. The predicted molar refractivity (Wildman–Crippen MR) is 85.3 cm³/mol. The summed E-state index contributed by atoms with van der Waals surface area (Å²) in [6.45, 7) is 5.63. The van der Waals surface area contributed by atoms with Crippen molar-refractivity contribution in [3.8, 4) is 0 Å². The molecular formula is C18H17NO4. The molecule has 2 heterocycles. The Hall–Kier alpha value is -2.66. The number of fused-ring (bicyclic) bond motifs is 1. The first-order chi connectivity index (χ1) is 11.0. The van der Waals surface area contributed by atoms with Crippen LogP contribution in [0.5, 0.6) is 0 Å². The van der Waals surface area contributed by atoms with Crippen LogP contribution in [0.1, 0.15) is 28.3 Å². The molecule has 5 heteroatoms. The van der Waals surface area contributed by atoms with Crippen molar-refractivity contribution in [2.45, 2.75) is 18.9 Å². The van der Waals surface area contributed by atoms with Gasteiger partial charge in [0.1, 0.15) is 5.76 Å². The summed E-state index contributed by atoms with van der Waals surface area (Å²) in [5.74, 6) is -0.186. The fourth-order valence-corrected chi connectivity index (χ4v) is 2.89. The maximum atomic E-state index is 12.7. The zero-order chi connectivity index (χ0) is 16.6. The fourth-order valence-electron chi connectivity index (χ4n) is 2.89. The Labute approximate surface area is 133 Å². The number of rotatable bonds is 5. The van der Waals surface area contributed by atoms with E-state index >= 15 is 0 Å². The first-order valence-electron chi connectivity index (χ1n) is 7.32. The minimum atomic E-state index is -1.88. The third-order valence-electron chi connectivity index (χ3n) is 3.98. The van der Waals surface area contributed by atoms with Crippen molar-refractivity contribution in [3.63, 3.8) is 0 Å². The second-order valence-electron chi connectivity index (χ2n) is 5.59. The number of aliphatic hydroxyl groups is 1. The number of carbonyl (C=O) groups is 2. The maximum absolute atomic E-state index is 12.7. The molecule has 118 valence electrons. The molecule has 0 saturated heterocycles. The van der Waals surface area contributed by atoms with Gasteiger partial charge in [-0.3, -0.25) is 9.59 Å². The Kier molecular flexibility index (Phi) is 3.66. The van der Waals surface area contributed by atoms with Gasteiger partial charge in [-0.05, 0) is 25.1 Å². The Balaban J connectivity index is 1.98. The van der Waals surface area contributed by atoms with Crippen molar-refractivity contribution in [1.82, 2.24) is 0 Å². The third-order valence-corrected chi connectivity index (χ3v) is 3.98. The lowest BCUT2D eigenvalue weighted by Crippen LogP contribution is -2.41. The smallest absolute Gasteiger partial charge is 0.264 e. The highest BCUT2D eigenvalue weighted by atomic mass is 16.3. The minimum Gasteiger partial charge on any atom is -0.458 e. The largest absolute Gasteiger partial charge is 0.458 e. The second kappa shape index (κ2) is 5.52. The van der Waals surface area contributed by atoms with E-state index in [0.29, 0.717) is 17.0 Å². The maximum Gasteiger partial charge on any atom is 0.264 e. The molecule has 1 amide bonds. The first kappa shape index (κ1) is 15.2. The van der Waals surface area contributed by atoms with Gasteiger partial charge in [0, 0.05) is 12.1 Å². The van der Waals surface area contributed by atoms with Crippen LogP contribution in [0.4, 0.5) is 5.69 Å². The number of hydrogen-bond donors (Lipinski definition) is 1. The molecule has 0 aliphatic carbocycles. The normalized spacial score (nSPS) is 19.7. The van der Waals surface area contributed by atoms with Crippen molar-refractivity contribution < 1.29 is 19.1 Å². The van der Waals surface area contributed by atoms with Crippen LogP contribution in [-0.2, 0) is 10.4 Å². The molecule has 0 spiro atoms. The van der Waals surface area contributed by atoms with Crippen LogP contribution in [0.15, 0.2) is 53.5 Å². The SMILES string of the molecule is C=CCN1C(=O)[C@@](O)(CC(=O)c2ccc(C)o2)c2ccccc21. The number of para-hydroxylation sites is 1. The Morgan fingerprint density at radius 2 is 2.09 bits per heavy atom. The Bertz CT molecular complexity index is 792. The van der Waals surface area contributed by atoms with Crippen LogP contribution in [0.3, 0.4) is 0 Å². The monoisotopic (exact) mass is 311 g/mol. The molecule has 0 radical (unpaired) electrons.